The molecule has 2 saturated heterocycles. The van der Waals surface area contributed by atoms with Crippen LogP contribution in [0.2, 0.25) is 0 Å². The molecular formula is C9H17N3O. The number of hydrogen-bond donors (Lipinski definition) is 1. The number of hydrogen-bond acceptors (Lipinski definition) is 2. The number of nitrogens with zero attached hydrogens (tertiary/aromatic N) is 2. The topological polar surface area (TPSA) is 35.6 Å². The number of carbonyl (C=O) groups is 1. The highest BCUT2D eigenvalue weighted by Gasteiger charge is 2.29. The van der Waals surface area contributed by atoms with Crippen molar-refractivity contribution in [2.75, 3.05) is 33.2 Å². The van der Waals surface area contributed by atoms with Crippen molar-refractivity contribution in [2.45, 2.75) is 18.9 Å². The van der Waals surface area contributed by atoms with Crippen LogP contribution >= 0.6 is 0 Å². The van der Waals surface area contributed by atoms with Crippen LogP contribution in [0.5, 0.6) is 0 Å². The van der Waals surface area contributed by atoms with E-state index >= 15 is 0 Å². The fraction of sp³-hybridized carbons (Fsp3) is 0.889. The maximum Gasteiger partial charge on any atom is 0.320 e. The van der Waals surface area contributed by atoms with Crippen molar-refractivity contribution in [1.82, 2.24) is 15.1 Å². The summed E-state index contributed by atoms with van der Waals surface area (Å²) in [6.45, 7) is 3.80. The molecule has 0 aromatic heterocycles. The first-order chi connectivity index (χ1) is 6.29. The van der Waals surface area contributed by atoms with Crippen LogP contribution in [0.1, 0.15) is 12.8 Å². The van der Waals surface area contributed by atoms with Gasteiger partial charge in [0.05, 0.1) is 6.04 Å². The summed E-state index contributed by atoms with van der Waals surface area (Å²) < 4.78 is 0. The van der Waals surface area contributed by atoms with Gasteiger partial charge in [-0.25, -0.2) is 4.79 Å². The number of carbonyl (C=O) groups excluding carboxylic acids is 1. The molecule has 2 heterocycles. The highest BCUT2D eigenvalue weighted by molar-refractivity contribution is 5.75. The molecule has 0 atom stereocenters. The minimum Gasteiger partial charge on any atom is -0.325 e. The zero-order valence-corrected chi connectivity index (χ0v) is 8.12. The van der Waals surface area contributed by atoms with Crippen LogP contribution in [0.15, 0.2) is 0 Å². The Hall–Kier alpha value is -0.770. The van der Waals surface area contributed by atoms with Crippen molar-refractivity contribution < 1.29 is 4.79 Å². The summed E-state index contributed by atoms with van der Waals surface area (Å²) in [5.41, 5.74) is 0. The Balaban J connectivity index is 1.87. The molecule has 1 N–H and O–H groups in total. The molecule has 0 bridgehead atoms. The molecule has 4 heteroatoms. The quantitative estimate of drug-likeness (QED) is 0.626. The summed E-state index contributed by atoms with van der Waals surface area (Å²) in [7, 11) is 1.91. The second kappa shape index (κ2) is 3.54. The summed E-state index contributed by atoms with van der Waals surface area (Å²) in [5, 5.41) is 3.18. The van der Waals surface area contributed by atoms with E-state index in [0.717, 1.165) is 26.2 Å². The van der Waals surface area contributed by atoms with Crippen molar-refractivity contribution in [1.29, 1.82) is 0 Å². The van der Waals surface area contributed by atoms with Crippen molar-refractivity contribution in [3.63, 3.8) is 0 Å². The van der Waals surface area contributed by atoms with Crippen molar-refractivity contribution >= 4 is 6.03 Å². The molecule has 2 fully saturated rings. The normalized spacial score (nSPS) is 23.0. The van der Waals surface area contributed by atoms with Crippen LogP contribution < -0.4 is 5.32 Å². The lowest BCUT2D eigenvalue weighted by molar-refractivity contribution is 0.138. The molecular weight excluding hydrogens is 166 g/mol. The molecule has 0 unspecified atom stereocenters. The summed E-state index contributed by atoms with van der Waals surface area (Å²) in [5.74, 6) is 0. The highest BCUT2D eigenvalue weighted by atomic mass is 16.2. The molecule has 0 aromatic carbocycles. The van der Waals surface area contributed by atoms with E-state index in [-0.39, 0.29) is 6.03 Å². The minimum absolute atomic E-state index is 0.212. The van der Waals surface area contributed by atoms with E-state index in [1.54, 1.807) is 0 Å². The molecule has 0 aromatic rings. The van der Waals surface area contributed by atoms with E-state index in [4.69, 9.17) is 0 Å². The molecule has 13 heavy (non-hydrogen) atoms. The minimum atomic E-state index is 0.212. The molecule has 0 aliphatic carbocycles. The fourth-order valence-corrected chi connectivity index (χ4v) is 1.83. The third-order valence-electron chi connectivity index (χ3n) is 2.99. The Kier molecular flexibility index (Phi) is 2.40. The largest absolute Gasteiger partial charge is 0.325 e. The van der Waals surface area contributed by atoms with Crippen molar-refractivity contribution in [2.24, 2.45) is 0 Å². The highest BCUT2D eigenvalue weighted by Crippen LogP contribution is 2.12. The molecule has 2 rings (SSSR count). The Bertz CT molecular complexity index is 197. The Morgan fingerprint density at radius 1 is 1.38 bits per heavy atom. The van der Waals surface area contributed by atoms with Crippen molar-refractivity contribution in [3.8, 4) is 0 Å². The average Bonchev–Trinajstić information content (AvgIpc) is 2.51. The van der Waals surface area contributed by atoms with Gasteiger partial charge < -0.3 is 15.1 Å². The number of likely N-dealkylation sites (N-methyl/N-ethyl adjacent to an activating group) is 1. The van der Waals surface area contributed by atoms with Gasteiger partial charge in [-0.3, -0.25) is 0 Å². The predicted octanol–water partition coefficient (Wildman–Crippen LogP) is 0.106. The zero-order chi connectivity index (χ0) is 9.26. The molecule has 4 nitrogen and oxygen atoms in total. The molecule has 0 spiro atoms. The van der Waals surface area contributed by atoms with Gasteiger partial charge in [0, 0.05) is 33.2 Å². The lowest BCUT2D eigenvalue weighted by Crippen LogP contribution is -2.59. The van der Waals surface area contributed by atoms with E-state index in [9.17, 15) is 4.79 Å². The van der Waals surface area contributed by atoms with Gasteiger partial charge in [0.15, 0.2) is 0 Å². The summed E-state index contributed by atoms with van der Waals surface area (Å²) >= 11 is 0. The molecule has 0 radical (unpaired) electrons. The van der Waals surface area contributed by atoms with Gasteiger partial charge >= 0.3 is 6.03 Å². The lowest BCUT2D eigenvalue weighted by atomic mass is 10.1. The Morgan fingerprint density at radius 3 is 2.46 bits per heavy atom. The smallest absolute Gasteiger partial charge is 0.320 e. The van der Waals surface area contributed by atoms with E-state index < -0.39 is 0 Å². The SMILES string of the molecule is CN(C(=O)N1CCCC1)C1CNC1. The molecule has 74 valence electrons. The number of rotatable bonds is 1. The van der Waals surface area contributed by atoms with Crippen LogP contribution in [-0.4, -0.2) is 55.1 Å². The van der Waals surface area contributed by atoms with Gasteiger partial charge in [-0.05, 0) is 12.8 Å². The van der Waals surface area contributed by atoms with Gasteiger partial charge in [-0.1, -0.05) is 0 Å². The van der Waals surface area contributed by atoms with Gasteiger partial charge in [0.1, 0.15) is 0 Å². The van der Waals surface area contributed by atoms with Crippen LogP contribution in [-0.2, 0) is 0 Å². The second-order valence-corrected chi connectivity index (χ2v) is 3.90. The molecule has 2 amide bonds. The first kappa shape index (κ1) is 8.81. The monoisotopic (exact) mass is 183 g/mol. The molecule has 2 aliphatic heterocycles. The number of amides is 2. The number of urea groups is 1. The Morgan fingerprint density at radius 2 is 2.00 bits per heavy atom. The Labute approximate surface area is 78.9 Å². The standard InChI is InChI=1S/C9H17N3O/c1-11(8-6-10-7-8)9(13)12-4-2-3-5-12/h8,10H,2-7H2,1H3. The number of likely N-dealkylation sites (tertiary alicyclic amines) is 1. The fourth-order valence-electron chi connectivity index (χ4n) is 1.83. The van der Waals surface area contributed by atoms with E-state index in [2.05, 4.69) is 5.32 Å². The molecule has 2 aliphatic rings. The number of nitrogens with one attached hydrogen (secondary N) is 1. The maximum absolute atomic E-state index is 11.8. The second-order valence-electron chi connectivity index (χ2n) is 3.90. The molecule has 0 saturated carbocycles. The van der Waals surface area contributed by atoms with E-state index in [1.165, 1.54) is 12.8 Å². The summed E-state index contributed by atoms with van der Waals surface area (Å²) in [4.78, 5) is 15.6. The van der Waals surface area contributed by atoms with Crippen LogP contribution in [0, 0.1) is 0 Å². The van der Waals surface area contributed by atoms with Gasteiger partial charge in [0.2, 0.25) is 0 Å². The summed E-state index contributed by atoms with van der Waals surface area (Å²) in [6.07, 6.45) is 2.34. The lowest BCUT2D eigenvalue weighted by Gasteiger charge is -2.37. The van der Waals surface area contributed by atoms with E-state index in [1.807, 2.05) is 16.8 Å². The van der Waals surface area contributed by atoms with Crippen molar-refractivity contribution in [3.05, 3.63) is 0 Å². The van der Waals surface area contributed by atoms with Gasteiger partial charge in [-0.15, -0.1) is 0 Å². The first-order valence-electron chi connectivity index (χ1n) is 5.01. The van der Waals surface area contributed by atoms with Crippen LogP contribution in [0.4, 0.5) is 4.79 Å². The first-order valence-corrected chi connectivity index (χ1v) is 5.01. The maximum atomic E-state index is 11.8. The summed E-state index contributed by atoms with van der Waals surface area (Å²) in [6, 6.07) is 0.636. The van der Waals surface area contributed by atoms with Gasteiger partial charge in [0.25, 0.3) is 0 Å². The average molecular weight is 183 g/mol. The van der Waals surface area contributed by atoms with Gasteiger partial charge in [-0.2, -0.15) is 0 Å². The predicted molar refractivity (Wildman–Crippen MR) is 50.6 cm³/mol. The van der Waals surface area contributed by atoms with E-state index in [0.29, 0.717) is 6.04 Å². The van der Waals surface area contributed by atoms with Crippen LogP contribution in [0.3, 0.4) is 0 Å². The third kappa shape index (κ3) is 1.63. The van der Waals surface area contributed by atoms with Crippen LogP contribution in [0.25, 0.3) is 0 Å². The third-order valence-corrected chi connectivity index (χ3v) is 2.99. The zero-order valence-electron chi connectivity index (χ0n) is 8.12.